The largest absolute Gasteiger partial charge is 0.0955 e. The van der Waals surface area contributed by atoms with Gasteiger partial charge in [0, 0.05) is 11.8 Å². The number of benzene rings is 3. The highest BCUT2D eigenvalue weighted by atomic mass is 14.4. The molecule has 0 aliphatic heterocycles. The summed E-state index contributed by atoms with van der Waals surface area (Å²) in [6.07, 6.45) is 13.3. The van der Waals surface area contributed by atoms with Crippen LogP contribution in [0.2, 0.25) is 0 Å². The fourth-order valence-corrected chi connectivity index (χ4v) is 7.89. The zero-order valence-corrected chi connectivity index (χ0v) is 29.4. The molecule has 2 unspecified atom stereocenters. The lowest BCUT2D eigenvalue weighted by Crippen LogP contribution is -2.21. The molecule has 1 fully saturated rings. The molecular weight excluding hydrogens is 553 g/mol. The molecule has 0 aromatic heterocycles. The second-order valence-electron chi connectivity index (χ2n) is 13.6. The lowest BCUT2D eigenvalue weighted by atomic mass is 9.68. The third-order valence-corrected chi connectivity index (χ3v) is 10.4. The first kappa shape index (κ1) is 33.5. The van der Waals surface area contributed by atoms with Gasteiger partial charge in [0.1, 0.15) is 0 Å². The first-order chi connectivity index (χ1) is 22.2. The number of fused-ring (bicyclic) bond motifs is 1. The normalized spacial score (nSPS) is 18.6. The van der Waals surface area contributed by atoms with Crippen molar-refractivity contribution in [3.8, 4) is 0 Å². The van der Waals surface area contributed by atoms with E-state index in [0.29, 0.717) is 0 Å². The van der Waals surface area contributed by atoms with Crippen LogP contribution in [-0.2, 0) is 32.1 Å². The standard InChI is InChI=1S/C46H54/c1-10-14-31(7)44-32(8)25-43-29-42(33(9)45(43)46(44)41-24-23-36(11-2)38(13-4)28-41)27-35-18-22-40(37(12-3)26-35)21-17-34-15-19-39(20-16-34)30(5)6/h15-16,18-20,22-28,45-46H,5,7,9-14,17,21,29H2,1-4,6,8H3. The van der Waals surface area contributed by atoms with Crippen molar-refractivity contribution in [3.63, 3.8) is 0 Å². The fourth-order valence-electron chi connectivity index (χ4n) is 7.89. The summed E-state index contributed by atoms with van der Waals surface area (Å²) in [5.74, 6) is 0.559. The molecular formula is C46H54. The maximum absolute atomic E-state index is 4.81. The molecule has 0 bridgehead atoms. The van der Waals surface area contributed by atoms with Crippen LogP contribution in [0.25, 0.3) is 11.6 Å². The summed E-state index contributed by atoms with van der Waals surface area (Å²) in [6, 6.07) is 23.3. The van der Waals surface area contributed by atoms with Gasteiger partial charge in [-0.25, -0.2) is 0 Å². The molecule has 0 nitrogen and oxygen atoms in total. The molecule has 0 saturated heterocycles. The molecule has 1 saturated carbocycles. The van der Waals surface area contributed by atoms with Crippen LogP contribution in [-0.4, -0.2) is 0 Å². The van der Waals surface area contributed by atoms with Crippen LogP contribution >= 0.6 is 0 Å². The summed E-state index contributed by atoms with van der Waals surface area (Å²) < 4.78 is 0. The molecule has 0 spiro atoms. The van der Waals surface area contributed by atoms with Gasteiger partial charge in [-0.1, -0.05) is 143 Å². The SMILES string of the molecule is C=C(CCC)C1=C(C)C=C2CC(=Cc3ccc(CCc4ccc(C(=C)C)cc4)c(CC)c3)C(=C)C2C1c1ccc(CC)c(CC)c1. The first-order valence-electron chi connectivity index (χ1n) is 17.7. The Morgan fingerprint density at radius 1 is 0.783 bits per heavy atom. The van der Waals surface area contributed by atoms with Crippen LogP contribution in [0.1, 0.15) is 111 Å². The van der Waals surface area contributed by atoms with Gasteiger partial charge >= 0.3 is 0 Å². The summed E-state index contributed by atoms with van der Waals surface area (Å²) in [6.45, 7) is 27.0. The lowest BCUT2D eigenvalue weighted by molar-refractivity contribution is 0.618. The van der Waals surface area contributed by atoms with E-state index in [1.165, 1.54) is 77.9 Å². The van der Waals surface area contributed by atoms with Crippen LogP contribution in [0.3, 0.4) is 0 Å². The van der Waals surface area contributed by atoms with E-state index in [1.54, 1.807) is 0 Å². The van der Waals surface area contributed by atoms with Crippen molar-refractivity contribution in [2.45, 2.75) is 98.8 Å². The van der Waals surface area contributed by atoms with Crippen molar-refractivity contribution in [1.82, 2.24) is 0 Å². The van der Waals surface area contributed by atoms with E-state index < -0.39 is 0 Å². The van der Waals surface area contributed by atoms with Gasteiger partial charge in [0.05, 0.1) is 0 Å². The van der Waals surface area contributed by atoms with Crippen LogP contribution in [0, 0.1) is 5.92 Å². The van der Waals surface area contributed by atoms with Gasteiger partial charge in [-0.2, -0.15) is 0 Å². The topological polar surface area (TPSA) is 0 Å². The van der Waals surface area contributed by atoms with Crippen LogP contribution < -0.4 is 0 Å². The Balaban J connectivity index is 1.44. The zero-order valence-electron chi connectivity index (χ0n) is 29.4. The highest BCUT2D eigenvalue weighted by molar-refractivity contribution is 5.68. The smallest absolute Gasteiger partial charge is 0.0201 e. The summed E-state index contributed by atoms with van der Waals surface area (Å²) in [7, 11) is 0. The Hall–Kier alpha value is -3.90. The van der Waals surface area contributed by atoms with Gasteiger partial charge in [0.25, 0.3) is 0 Å². The monoisotopic (exact) mass is 606 g/mol. The third-order valence-electron chi connectivity index (χ3n) is 10.4. The molecule has 2 aliphatic rings. The van der Waals surface area contributed by atoms with Crippen molar-refractivity contribution >= 4 is 11.6 Å². The molecule has 5 rings (SSSR count). The second kappa shape index (κ2) is 14.7. The Morgan fingerprint density at radius 2 is 1.46 bits per heavy atom. The van der Waals surface area contributed by atoms with Gasteiger partial charge in [-0.05, 0) is 126 Å². The molecule has 238 valence electrons. The van der Waals surface area contributed by atoms with Crippen molar-refractivity contribution in [3.05, 3.63) is 164 Å². The molecule has 0 N–H and O–H groups in total. The molecule has 0 heterocycles. The molecule has 2 atom stereocenters. The Morgan fingerprint density at radius 3 is 2.11 bits per heavy atom. The van der Waals surface area contributed by atoms with Crippen molar-refractivity contribution in [1.29, 1.82) is 0 Å². The summed E-state index contributed by atoms with van der Waals surface area (Å²) in [5, 5.41) is 0. The highest BCUT2D eigenvalue weighted by Gasteiger charge is 2.41. The van der Waals surface area contributed by atoms with Crippen molar-refractivity contribution < 1.29 is 0 Å². The maximum atomic E-state index is 4.81. The van der Waals surface area contributed by atoms with Gasteiger partial charge in [-0.3, -0.25) is 0 Å². The van der Waals surface area contributed by atoms with Gasteiger partial charge < -0.3 is 0 Å². The first-order valence-corrected chi connectivity index (χ1v) is 17.7. The Bertz CT molecular complexity index is 1730. The second-order valence-corrected chi connectivity index (χ2v) is 13.6. The number of hydrogen-bond acceptors (Lipinski definition) is 0. The average molecular weight is 607 g/mol. The third kappa shape index (κ3) is 6.92. The summed E-state index contributed by atoms with van der Waals surface area (Å²) >= 11 is 0. The van der Waals surface area contributed by atoms with Crippen molar-refractivity contribution in [2.24, 2.45) is 5.92 Å². The van der Waals surface area contributed by atoms with E-state index in [1.807, 2.05) is 0 Å². The fraction of sp³-hybridized carbons (Fsp3) is 0.348. The zero-order chi connectivity index (χ0) is 33.0. The van der Waals surface area contributed by atoms with Gasteiger partial charge in [0.15, 0.2) is 0 Å². The molecule has 0 heteroatoms. The summed E-state index contributed by atoms with van der Waals surface area (Å²) in [5.41, 5.74) is 20.6. The van der Waals surface area contributed by atoms with E-state index in [9.17, 15) is 0 Å². The molecule has 3 aromatic rings. The van der Waals surface area contributed by atoms with E-state index in [4.69, 9.17) is 6.58 Å². The minimum absolute atomic E-state index is 0.270. The Labute approximate surface area is 280 Å². The minimum atomic E-state index is 0.270. The highest BCUT2D eigenvalue weighted by Crippen LogP contribution is 2.55. The van der Waals surface area contributed by atoms with E-state index in [2.05, 4.69) is 128 Å². The predicted molar refractivity (Wildman–Crippen MR) is 202 cm³/mol. The average Bonchev–Trinajstić information content (AvgIpc) is 3.36. The van der Waals surface area contributed by atoms with E-state index in [-0.39, 0.29) is 11.8 Å². The van der Waals surface area contributed by atoms with Crippen molar-refractivity contribution in [2.75, 3.05) is 0 Å². The minimum Gasteiger partial charge on any atom is -0.0955 e. The maximum Gasteiger partial charge on any atom is 0.0201 e. The Kier molecular flexibility index (Phi) is 10.7. The van der Waals surface area contributed by atoms with Crippen LogP contribution in [0.5, 0.6) is 0 Å². The van der Waals surface area contributed by atoms with E-state index in [0.717, 1.165) is 56.9 Å². The lowest BCUT2D eigenvalue weighted by Gasteiger charge is -2.35. The number of allylic oxidation sites excluding steroid dienone is 8. The quantitative estimate of drug-likeness (QED) is 0.192. The van der Waals surface area contributed by atoms with Gasteiger partial charge in [-0.15, -0.1) is 0 Å². The summed E-state index contributed by atoms with van der Waals surface area (Å²) in [4.78, 5) is 0. The van der Waals surface area contributed by atoms with E-state index >= 15 is 0 Å². The van der Waals surface area contributed by atoms with Crippen LogP contribution in [0.15, 0.2) is 120 Å². The number of hydrogen-bond donors (Lipinski definition) is 0. The van der Waals surface area contributed by atoms with Crippen LogP contribution in [0.4, 0.5) is 0 Å². The number of aryl methyl sites for hydroxylation is 5. The predicted octanol–water partition coefficient (Wildman–Crippen LogP) is 12.5. The molecule has 3 aromatic carbocycles. The molecule has 2 aliphatic carbocycles. The number of rotatable bonds is 12. The molecule has 46 heavy (non-hydrogen) atoms. The molecule has 0 amide bonds. The molecule has 0 radical (unpaired) electrons. The van der Waals surface area contributed by atoms with Gasteiger partial charge in [0.2, 0.25) is 0 Å².